The number of nitrogens with one attached hydrogen (secondary N) is 1. The summed E-state index contributed by atoms with van der Waals surface area (Å²) in [6.07, 6.45) is 3.36. The molecule has 2 rings (SSSR count). The second-order valence-corrected chi connectivity index (χ2v) is 5.60. The van der Waals surface area contributed by atoms with Crippen LogP contribution in [0.2, 0.25) is 5.02 Å². The molecule has 116 valence electrons. The van der Waals surface area contributed by atoms with Crippen LogP contribution in [0, 0.1) is 0 Å². The molecule has 1 saturated heterocycles. The molecule has 0 saturated carbocycles. The third kappa shape index (κ3) is 4.25. The number of amides is 1. The first-order valence-electron chi connectivity index (χ1n) is 7.15. The number of piperidine rings is 1. The third-order valence-corrected chi connectivity index (χ3v) is 3.86. The molecule has 1 aliphatic heterocycles. The first kappa shape index (κ1) is 15.9. The highest BCUT2D eigenvalue weighted by atomic mass is 35.5. The number of aromatic hydroxyl groups is 1. The number of carbonyl (C=O) groups excluding carboxylic acids is 1. The number of phenolic OH excluding ortho intramolecular Hbond substituents is 1. The average Bonchev–Trinajstić information content (AvgIpc) is 2.51. The zero-order valence-corrected chi connectivity index (χ0v) is 12.9. The van der Waals surface area contributed by atoms with Crippen molar-refractivity contribution in [1.29, 1.82) is 0 Å². The van der Waals surface area contributed by atoms with Crippen molar-refractivity contribution in [2.24, 2.45) is 0 Å². The molecule has 0 aromatic heterocycles. The highest BCUT2D eigenvalue weighted by molar-refractivity contribution is 6.30. The van der Waals surface area contributed by atoms with Gasteiger partial charge in [-0.05, 0) is 25.3 Å². The van der Waals surface area contributed by atoms with Gasteiger partial charge < -0.3 is 20.1 Å². The Balaban J connectivity index is 1.88. The van der Waals surface area contributed by atoms with Crippen molar-refractivity contribution in [2.75, 3.05) is 26.7 Å². The first-order chi connectivity index (χ1) is 10.1. The Labute approximate surface area is 129 Å². The van der Waals surface area contributed by atoms with Gasteiger partial charge in [0.25, 0.3) is 0 Å². The van der Waals surface area contributed by atoms with Crippen molar-refractivity contribution in [1.82, 2.24) is 10.2 Å². The van der Waals surface area contributed by atoms with Crippen LogP contribution in [0.25, 0.3) is 0 Å². The third-order valence-electron chi connectivity index (χ3n) is 3.64. The van der Waals surface area contributed by atoms with Gasteiger partial charge in [0.15, 0.2) is 11.5 Å². The van der Waals surface area contributed by atoms with Crippen LogP contribution in [0.15, 0.2) is 12.1 Å². The van der Waals surface area contributed by atoms with Crippen molar-refractivity contribution in [3.63, 3.8) is 0 Å². The summed E-state index contributed by atoms with van der Waals surface area (Å²) in [7, 11) is 1.47. The highest BCUT2D eigenvalue weighted by Crippen LogP contribution is 2.33. The number of hydrogen-bond donors (Lipinski definition) is 2. The molecule has 0 aliphatic carbocycles. The lowest BCUT2D eigenvalue weighted by atomic mass is 10.1. The fraction of sp³-hybridized carbons (Fsp3) is 0.533. The van der Waals surface area contributed by atoms with E-state index >= 15 is 0 Å². The second-order valence-electron chi connectivity index (χ2n) is 5.16. The van der Waals surface area contributed by atoms with Gasteiger partial charge in [-0.2, -0.15) is 0 Å². The van der Waals surface area contributed by atoms with Gasteiger partial charge in [0, 0.05) is 36.3 Å². The molecule has 21 heavy (non-hydrogen) atoms. The topological polar surface area (TPSA) is 61.8 Å². The number of nitrogens with zero attached hydrogens (tertiary/aromatic N) is 1. The summed E-state index contributed by atoms with van der Waals surface area (Å²) in [5.41, 5.74) is 0.616. The molecule has 1 aromatic carbocycles. The van der Waals surface area contributed by atoms with E-state index in [-0.39, 0.29) is 18.2 Å². The largest absolute Gasteiger partial charge is 0.504 e. The maximum absolute atomic E-state index is 12.0. The van der Waals surface area contributed by atoms with E-state index in [4.69, 9.17) is 16.3 Å². The van der Waals surface area contributed by atoms with E-state index < -0.39 is 0 Å². The summed E-state index contributed by atoms with van der Waals surface area (Å²) < 4.78 is 5.05. The molecule has 0 radical (unpaired) electrons. The van der Waals surface area contributed by atoms with Gasteiger partial charge in [-0.3, -0.25) is 4.79 Å². The lowest BCUT2D eigenvalue weighted by Gasteiger charge is -2.26. The molecule has 0 atom stereocenters. The van der Waals surface area contributed by atoms with E-state index in [1.807, 2.05) is 4.90 Å². The van der Waals surface area contributed by atoms with Crippen LogP contribution in [0.3, 0.4) is 0 Å². The number of likely N-dealkylation sites (tertiary alicyclic amines) is 1. The van der Waals surface area contributed by atoms with E-state index in [9.17, 15) is 9.90 Å². The van der Waals surface area contributed by atoms with E-state index in [1.165, 1.54) is 13.5 Å². The van der Waals surface area contributed by atoms with Crippen LogP contribution < -0.4 is 10.1 Å². The zero-order chi connectivity index (χ0) is 15.2. The van der Waals surface area contributed by atoms with E-state index in [1.54, 1.807) is 12.1 Å². The summed E-state index contributed by atoms with van der Waals surface area (Å²) in [5, 5.41) is 13.6. The molecule has 5 nitrogen and oxygen atoms in total. The maximum atomic E-state index is 12.0. The number of halogens is 1. The smallest absolute Gasteiger partial charge is 0.236 e. The van der Waals surface area contributed by atoms with E-state index in [0.717, 1.165) is 25.9 Å². The van der Waals surface area contributed by atoms with Gasteiger partial charge in [-0.15, -0.1) is 0 Å². The zero-order valence-electron chi connectivity index (χ0n) is 12.2. The predicted molar refractivity (Wildman–Crippen MR) is 81.8 cm³/mol. The van der Waals surface area contributed by atoms with Gasteiger partial charge in [0.2, 0.25) is 5.91 Å². The Morgan fingerprint density at radius 1 is 1.38 bits per heavy atom. The number of hydrogen-bond acceptors (Lipinski definition) is 4. The SMILES string of the molecule is COc1cc(Cl)cc(CNCC(=O)N2CCCCC2)c1O. The van der Waals surface area contributed by atoms with Gasteiger partial charge in [-0.25, -0.2) is 0 Å². The van der Waals surface area contributed by atoms with Crippen molar-refractivity contribution in [2.45, 2.75) is 25.8 Å². The van der Waals surface area contributed by atoms with Gasteiger partial charge in [0.1, 0.15) is 0 Å². The molecular formula is C15H21ClN2O3. The van der Waals surface area contributed by atoms with Crippen LogP contribution in [-0.4, -0.2) is 42.7 Å². The summed E-state index contributed by atoms with van der Waals surface area (Å²) >= 11 is 5.97. The Hall–Kier alpha value is -1.46. The number of benzene rings is 1. The Morgan fingerprint density at radius 3 is 2.76 bits per heavy atom. The van der Waals surface area contributed by atoms with E-state index in [0.29, 0.717) is 22.9 Å². The Morgan fingerprint density at radius 2 is 2.10 bits per heavy atom. The molecule has 1 fully saturated rings. The minimum atomic E-state index is 0.0554. The minimum absolute atomic E-state index is 0.0554. The molecule has 0 unspecified atom stereocenters. The molecular weight excluding hydrogens is 292 g/mol. The standard InChI is InChI=1S/C15H21ClN2O3/c1-21-13-8-12(16)7-11(15(13)20)9-17-10-14(19)18-5-3-2-4-6-18/h7-8,17,20H,2-6,9-10H2,1H3. The Kier molecular flexibility index (Phi) is 5.70. The van der Waals surface area contributed by atoms with Crippen LogP contribution in [-0.2, 0) is 11.3 Å². The molecule has 0 bridgehead atoms. The van der Waals surface area contributed by atoms with Crippen LogP contribution in [0.1, 0.15) is 24.8 Å². The van der Waals surface area contributed by atoms with Gasteiger partial charge in [-0.1, -0.05) is 11.6 Å². The quantitative estimate of drug-likeness (QED) is 0.874. The lowest BCUT2D eigenvalue weighted by Crippen LogP contribution is -2.40. The molecule has 6 heteroatoms. The number of rotatable bonds is 5. The number of phenols is 1. The second kappa shape index (κ2) is 7.52. The number of methoxy groups -OCH3 is 1. The summed E-state index contributed by atoms with van der Waals surface area (Å²) in [6.45, 7) is 2.31. The van der Waals surface area contributed by atoms with Crippen LogP contribution in [0.5, 0.6) is 11.5 Å². The number of carbonyl (C=O) groups is 1. The highest BCUT2D eigenvalue weighted by Gasteiger charge is 2.16. The van der Waals surface area contributed by atoms with E-state index in [2.05, 4.69) is 5.32 Å². The fourth-order valence-corrected chi connectivity index (χ4v) is 2.71. The molecule has 1 heterocycles. The molecule has 1 amide bonds. The van der Waals surface area contributed by atoms with Crippen molar-refractivity contribution < 1.29 is 14.6 Å². The summed E-state index contributed by atoms with van der Waals surface area (Å²) in [4.78, 5) is 13.9. The van der Waals surface area contributed by atoms with Gasteiger partial charge in [0.05, 0.1) is 13.7 Å². The van der Waals surface area contributed by atoms with Crippen molar-refractivity contribution >= 4 is 17.5 Å². The summed E-state index contributed by atoms with van der Waals surface area (Å²) in [5.74, 6) is 0.490. The monoisotopic (exact) mass is 312 g/mol. The number of ether oxygens (including phenoxy) is 1. The maximum Gasteiger partial charge on any atom is 0.236 e. The van der Waals surface area contributed by atoms with Crippen LogP contribution >= 0.6 is 11.6 Å². The van der Waals surface area contributed by atoms with Crippen molar-refractivity contribution in [3.05, 3.63) is 22.7 Å². The Bertz CT molecular complexity index is 502. The normalized spacial score (nSPS) is 15.0. The van der Waals surface area contributed by atoms with Crippen LogP contribution in [0.4, 0.5) is 0 Å². The molecule has 1 aliphatic rings. The lowest BCUT2D eigenvalue weighted by molar-refractivity contribution is -0.131. The van der Waals surface area contributed by atoms with Crippen molar-refractivity contribution in [3.8, 4) is 11.5 Å². The molecule has 0 spiro atoms. The predicted octanol–water partition coefficient (Wildman–Crippen LogP) is 2.16. The minimum Gasteiger partial charge on any atom is -0.504 e. The fourth-order valence-electron chi connectivity index (χ4n) is 2.48. The van der Waals surface area contributed by atoms with Gasteiger partial charge >= 0.3 is 0 Å². The molecule has 2 N–H and O–H groups in total. The average molecular weight is 313 g/mol. The first-order valence-corrected chi connectivity index (χ1v) is 7.53. The molecule has 1 aromatic rings. The summed E-state index contributed by atoms with van der Waals surface area (Å²) in [6, 6.07) is 3.22.